The van der Waals surface area contributed by atoms with Crippen molar-refractivity contribution >= 4 is 17.2 Å². The minimum absolute atomic E-state index is 0.169. The summed E-state index contributed by atoms with van der Waals surface area (Å²) >= 11 is 1.64. The maximum absolute atomic E-state index is 12.6. The average Bonchev–Trinajstić information content (AvgIpc) is 3.25. The largest absolute Gasteiger partial charge is 0.459 e. The van der Waals surface area contributed by atoms with E-state index in [0.717, 1.165) is 28.8 Å². The lowest BCUT2D eigenvalue weighted by Gasteiger charge is -2.18. The zero-order chi connectivity index (χ0) is 16.9. The predicted octanol–water partition coefficient (Wildman–Crippen LogP) is 5.12. The third kappa shape index (κ3) is 3.60. The number of benzene rings is 1. The van der Waals surface area contributed by atoms with Crippen LogP contribution < -0.4 is 5.32 Å². The molecule has 1 unspecified atom stereocenters. The number of rotatable bonds is 6. The second-order valence-corrected chi connectivity index (χ2v) is 6.83. The van der Waals surface area contributed by atoms with Crippen molar-refractivity contribution < 1.29 is 9.21 Å². The van der Waals surface area contributed by atoms with Crippen molar-refractivity contribution in [1.29, 1.82) is 0 Å². The van der Waals surface area contributed by atoms with Gasteiger partial charge in [-0.25, -0.2) is 0 Å². The number of nitrogens with one attached hydrogen (secondary N) is 1. The molecule has 24 heavy (non-hydrogen) atoms. The van der Waals surface area contributed by atoms with Crippen molar-refractivity contribution in [2.24, 2.45) is 0 Å². The van der Waals surface area contributed by atoms with Crippen molar-refractivity contribution in [3.63, 3.8) is 0 Å². The zero-order valence-corrected chi connectivity index (χ0v) is 14.7. The molecule has 0 saturated heterocycles. The van der Waals surface area contributed by atoms with Crippen LogP contribution in [-0.4, -0.2) is 5.91 Å². The van der Waals surface area contributed by atoms with Gasteiger partial charge in [-0.05, 0) is 42.0 Å². The maximum atomic E-state index is 12.6. The van der Waals surface area contributed by atoms with Crippen LogP contribution in [0.4, 0.5) is 0 Å². The monoisotopic (exact) mass is 339 g/mol. The van der Waals surface area contributed by atoms with Gasteiger partial charge in [-0.2, -0.15) is 0 Å². The maximum Gasteiger partial charge on any atom is 0.288 e. The number of carbonyl (C=O) groups is 1. The molecule has 3 aromatic rings. The fourth-order valence-electron chi connectivity index (χ4n) is 2.74. The Hall–Kier alpha value is -2.33. The topological polar surface area (TPSA) is 42.2 Å². The van der Waals surface area contributed by atoms with Gasteiger partial charge in [0.25, 0.3) is 5.91 Å². The van der Waals surface area contributed by atoms with E-state index in [1.165, 1.54) is 5.56 Å². The second-order valence-electron chi connectivity index (χ2n) is 5.85. The first-order valence-corrected chi connectivity index (χ1v) is 9.04. The molecule has 1 atom stereocenters. The van der Waals surface area contributed by atoms with Crippen molar-refractivity contribution in [3.8, 4) is 0 Å². The molecule has 1 aromatic carbocycles. The Morgan fingerprint density at radius 2 is 2.00 bits per heavy atom. The van der Waals surface area contributed by atoms with E-state index in [1.807, 2.05) is 24.4 Å². The number of amides is 1. The highest BCUT2D eigenvalue weighted by molar-refractivity contribution is 7.10. The van der Waals surface area contributed by atoms with Crippen molar-refractivity contribution in [2.75, 3.05) is 0 Å². The Morgan fingerprint density at radius 3 is 2.58 bits per heavy atom. The lowest BCUT2D eigenvalue weighted by atomic mass is 10.0. The van der Waals surface area contributed by atoms with Crippen LogP contribution in [0.15, 0.2) is 58.5 Å². The van der Waals surface area contributed by atoms with E-state index in [-0.39, 0.29) is 11.9 Å². The molecule has 3 nitrogen and oxygen atoms in total. The molecule has 0 saturated carbocycles. The molecule has 3 rings (SSSR count). The summed E-state index contributed by atoms with van der Waals surface area (Å²) in [6.07, 6.45) is 3.74. The highest BCUT2D eigenvalue weighted by Gasteiger charge is 2.21. The van der Waals surface area contributed by atoms with Gasteiger partial charge < -0.3 is 9.73 Å². The number of carbonyl (C=O) groups excluding carboxylic acids is 1. The molecule has 0 aliphatic rings. The summed E-state index contributed by atoms with van der Waals surface area (Å²) in [4.78, 5) is 13.7. The van der Waals surface area contributed by atoms with E-state index >= 15 is 0 Å². The lowest BCUT2D eigenvalue weighted by molar-refractivity contribution is 0.0914. The Morgan fingerprint density at radius 1 is 1.21 bits per heavy atom. The highest BCUT2D eigenvalue weighted by Crippen LogP contribution is 2.27. The van der Waals surface area contributed by atoms with Gasteiger partial charge in [0.05, 0.1) is 12.3 Å². The van der Waals surface area contributed by atoms with E-state index in [4.69, 9.17) is 4.42 Å². The first-order valence-electron chi connectivity index (χ1n) is 8.16. The van der Waals surface area contributed by atoms with Crippen molar-refractivity contribution in [3.05, 3.63) is 81.4 Å². The average molecular weight is 339 g/mol. The molecular formula is C20H21NO2S. The Bertz CT molecular complexity index is 787. The summed E-state index contributed by atoms with van der Waals surface area (Å²) < 4.78 is 5.32. The molecule has 1 N–H and O–H groups in total. The summed E-state index contributed by atoms with van der Waals surface area (Å²) in [5.41, 5.74) is 3.24. The SMILES string of the molecule is CCCc1ccc(C(NC(=O)c2occc2C)c2cccs2)cc1. The van der Waals surface area contributed by atoms with Crippen LogP contribution in [0.5, 0.6) is 0 Å². The highest BCUT2D eigenvalue weighted by atomic mass is 32.1. The first-order chi connectivity index (χ1) is 11.7. The van der Waals surface area contributed by atoms with E-state index in [9.17, 15) is 4.79 Å². The van der Waals surface area contributed by atoms with Crippen LogP contribution >= 0.6 is 11.3 Å². The first kappa shape index (κ1) is 16.5. The lowest BCUT2D eigenvalue weighted by Crippen LogP contribution is -2.29. The number of furan rings is 1. The Balaban J connectivity index is 1.87. The number of thiophene rings is 1. The van der Waals surface area contributed by atoms with Crippen LogP contribution in [0, 0.1) is 6.92 Å². The van der Waals surface area contributed by atoms with Crippen molar-refractivity contribution in [2.45, 2.75) is 32.7 Å². The molecular weight excluding hydrogens is 318 g/mol. The van der Waals surface area contributed by atoms with Gasteiger partial charge in [-0.3, -0.25) is 4.79 Å². The molecule has 0 aliphatic heterocycles. The molecule has 0 aliphatic carbocycles. The summed E-state index contributed by atoms with van der Waals surface area (Å²) in [6.45, 7) is 4.05. The minimum atomic E-state index is -0.187. The fraction of sp³-hybridized carbons (Fsp3) is 0.250. The van der Waals surface area contributed by atoms with Crippen LogP contribution in [-0.2, 0) is 6.42 Å². The predicted molar refractivity (Wildman–Crippen MR) is 97.5 cm³/mol. The fourth-order valence-corrected chi connectivity index (χ4v) is 3.54. The summed E-state index contributed by atoms with van der Waals surface area (Å²) in [5.74, 6) is 0.188. The van der Waals surface area contributed by atoms with Gasteiger partial charge in [0.2, 0.25) is 0 Å². The number of hydrogen-bond donors (Lipinski definition) is 1. The second kappa shape index (κ2) is 7.49. The third-order valence-corrected chi connectivity index (χ3v) is 4.96. The standard InChI is InChI=1S/C20H21NO2S/c1-3-5-15-7-9-16(10-8-15)18(17-6-4-13-24-17)21-20(22)19-14(2)11-12-23-19/h4,6-13,18H,3,5H2,1-2H3,(H,21,22). The van der Waals surface area contributed by atoms with Crippen LogP contribution in [0.3, 0.4) is 0 Å². The zero-order valence-electron chi connectivity index (χ0n) is 13.9. The Kier molecular flexibility index (Phi) is 5.16. The molecule has 2 aromatic heterocycles. The quantitative estimate of drug-likeness (QED) is 0.677. The number of hydrogen-bond acceptors (Lipinski definition) is 3. The van der Waals surface area contributed by atoms with Gasteiger partial charge >= 0.3 is 0 Å². The summed E-state index contributed by atoms with van der Waals surface area (Å²) in [6, 6.07) is 14.2. The molecule has 1 amide bonds. The summed E-state index contributed by atoms with van der Waals surface area (Å²) in [5, 5.41) is 5.13. The van der Waals surface area contributed by atoms with E-state index in [2.05, 4.69) is 36.5 Å². The van der Waals surface area contributed by atoms with E-state index in [1.54, 1.807) is 23.7 Å². The van der Waals surface area contributed by atoms with Gasteiger partial charge in [0.15, 0.2) is 5.76 Å². The van der Waals surface area contributed by atoms with Crippen LogP contribution in [0.2, 0.25) is 0 Å². The number of aryl methyl sites for hydroxylation is 2. The summed E-state index contributed by atoms with van der Waals surface area (Å²) in [7, 11) is 0. The van der Waals surface area contributed by atoms with Gasteiger partial charge in [-0.1, -0.05) is 43.7 Å². The molecule has 0 radical (unpaired) electrons. The minimum Gasteiger partial charge on any atom is -0.459 e. The molecule has 0 spiro atoms. The molecule has 2 heterocycles. The van der Waals surface area contributed by atoms with Gasteiger partial charge in [0.1, 0.15) is 0 Å². The normalized spacial score (nSPS) is 12.1. The van der Waals surface area contributed by atoms with Gasteiger partial charge in [-0.15, -0.1) is 11.3 Å². The molecule has 4 heteroatoms. The Labute approximate surface area is 146 Å². The van der Waals surface area contributed by atoms with Crippen molar-refractivity contribution in [1.82, 2.24) is 5.32 Å². The smallest absolute Gasteiger partial charge is 0.288 e. The third-order valence-electron chi connectivity index (χ3n) is 4.02. The van der Waals surface area contributed by atoms with E-state index in [0.29, 0.717) is 5.76 Å². The molecule has 0 bridgehead atoms. The molecule has 124 valence electrons. The van der Waals surface area contributed by atoms with E-state index < -0.39 is 0 Å². The van der Waals surface area contributed by atoms with Gasteiger partial charge in [0, 0.05) is 10.4 Å². The van der Waals surface area contributed by atoms with Crippen LogP contribution in [0.1, 0.15) is 51.5 Å². The van der Waals surface area contributed by atoms with Crippen LogP contribution in [0.25, 0.3) is 0 Å². The molecule has 0 fully saturated rings.